The molecule has 1 aromatic carbocycles. The van der Waals surface area contributed by atoms with Gasteiger partial charge in [-0.3, -0.25) is 9.59 Å². The van der Waals surface area contributed by atoms with Crippen molar-refractivity contribution in [3.63, 3.8) is 0 Å². The molecule has 0 bridgehead atoms. The molecule has 0 saturated carbocycles. The SMILES string of the molecule is CCC(=O)CC[C@H](NC(=O)Cc1ccc(C(F)(F)F)cc1)C(=O)O. The number of hydrogen-bond donors (Lipinski definition) is 2. The van der Waals surface area contributed by atoms with Gasteiger partial charge in [-0.1, -0.05) is 19.1 Å². The lowest BCUT2D eigenvalue weighted by Crippen LogP contribution is -2.41. The number of ketones is 1. The largest absolute Gasteiger partial charge is 0.480 e. The fourth-order valence-corrected chi connectivity index (χ4v) is 1.98. The van der Waals surface area contributed by atoms with Gasteiger partial charge in [0.15, 0.2) is 0 Å². The second-order valence-electron chi connectivity index (χ2n) is 5.26. The summed E-state index contributed by atoms with van der Waals surface area (Å²) in [5, 5.41) is 11.3. The molecule has 0 aliphatic rings. The molecule has 5 nitrogen and oxygen atoms in total. The lowest BCUT2D eigenvalue weighted by molar-refractivity contribution is -0.142. The molecule has 0 aliphatic carbocycles. The van der Waals surface area contributed by atoms with E-state index in [9.17, 15) is 27.6 Å². The van der Waals surface area contributed by atoms with Gasteiger partial charge in [0.05, 0.1) is 12.0 Å². The first-order valence-corrected chi connectivity index (χ1v) is 7.33. The van der Waals surface area contributed by atoms with E-state index in [0.29, 0.717) is 5.56 Å². The zero-order valence-corrected chi connectivity index (χ0v) is 13.0. The molecule has 8 heteroatoms. The third-order valence-electron chi connectivity index (χ3n) is 3.39. The molecule has 1 atom stereocenters. The van der Waals surface area contributed by atoms with Crippen molar-refractivity contribution in [2.75, 3.05) is 0 Å². The Morgan fingerprint density at radius 2 is 1.75 bits per heavy atom. The first-order chi connectivity index (χ1) is 11.1. The average Bonchev–Trinajstić information content (AvgIpc) is 2.50. The Bertz CT molecular complexity index is 596. The van der Waals surface area contributed by atoms with Gasteiger partial charge in [0.1, 0.15) is 11.8 Å². The zero-order valence-electron chi connectivity index (χ0n) is 13.0. The highest BCUT2D eigenvalue weighted by atomic mass is 19.4. The van der Waals surface area contributed by atoms with Crippen LogP contribution in [-0.4, -0.2) is 28.8 Å². The molecular formula is C16H18F3NO4. The first kappa shape index (κ1) is 19.7. The molecule has 0 aliphatic heterocycles. The Morgan fingerprint density at radius 1 is 1.17 bits per heavy atom. The standard InChI is InChI=1S/C16H18F3NO4/c1-2-12(21)7-8-13(15(23)24)20-14(22)9-10-3-5-11(6-4-10)16(17,18)19/h3-6,13H,2,7-9H2,1H3,(H,20,22)(H,23,24)/t13-/m0/s1. The second-order valence-corrected chi connectivity index (χ2v) is 5.26. The van der Waals surface area contributed by atoms with Crippen LogP contribution in [-0.2, 0) is 27.0 Å². The maximum atomic E-state index is 12.5. The van der Waals surface area contributed by atoms with Crippen LogP contribution < -0.4 is 5.32 Å². The van der Waals surface area contributed by atoms with Gasteiger partial charge in [0.2, 0.25) is 5.91 Å². The van der Waals surface area contributed by atoms with Gasteiger partial charge < -0.3 is 10.4 Å². The van der Waals surface area contributed by atoms with Gasteiger partial charge in [0.25, 0.3) is 0 Å². The summed E-state index contributed by atoms with van der Waals surface area (Å²) in [5.41, 5.74) is -0.498. The van der Waals surface area contributed by atoms with E-state index in [-0.39, 0.29) is 31.5 Å². The number of hydrogen-bond acceptors (Lipinski definition) is 3. The topological polar surface area (TPSA) is 83.5 Å². The van der Waals surface area contributed by atoms with Gasteiger partial charge in [-0.05, 0) is 24.1 Å². The minimum Gasteiger partial charge on any atom is -0.480 e. The second kappa shape index (κ2) is 8.47. The van der Waals surface area contributed by atoms with Gasteiger partial charge in [-0.25, -0.2) is 4.79 Å². The molecule has 0 aromatic heterocycles. The lowest BCUT2D eigenvalue weighted by atomic mass is 10.1. The molecule has 2 N–H and O–H groups in total. The highest BCUT2D eigenvalue weighted by molar-refractivity contribution is 5.85. The van der Waals surface area contributed by atoms with E-state index in [4.69, 9.17) is 5.11 Å². The van der Waals surface area contributed by atoms with Crippen molar-refractivity contribution in [3.8, 4) is 0 Å². The maximum absolute atomic E-state index is 12.5. The Balaban J connectivity index is 2.62. The van der Waals surface area contributed by atoms with Crippen molar-refractivity contribution in [1.82, 2.24) is 5.32 Å². The summed E-state index contributed by atoms with van der Waals surface area (Å²) in [6.07, 6.45) is -4.41. The van der Waals surface area contributed by atoms with Crippen LogP contribution in [0.1, 0.15) is 37.3 Å². The highest BCUT2D eigenvalue weighted by Gasteiger charge is 2.30. The third-order valence-corrected chi connectivity index (χ3v) is 3.39. The van der Waals surface area contributed by atoms with Crippen molar-refractivity contribution in [1.29, 1.82) is 0 Å². The Labute approximate surface area is 136 Å². The Hall–Kier alpha value is -2.38. The van der Waals surface area contributed by atoms with Crippen molar-refractivity contribution in [2.24, 2.45) is 0 Å². The normalized spacial score (nSPS) is 12.5. The Morgan fingerprint density at radius 3 is 2.21 bits per heavy atom. The fraction of sp³-hybridized carbons (Fsp3) is 0.438. The number of alkyl halides is 3. The van der Waals surface area contributed by atoms with E-state index in [1.165, 1.54) is 12.1 Å². The lowest BCUT2D eigenvalue weighted by Gasteiger charge is -2.14. The summed E-state index contributed by atoms with van der Waals surface area (Å²) in [5.74, 6) is -2.01. The van der Waals surface area contributed by atoms with Gasteiger partial charge in [0, 0.05) is 12.8 Å². The molecule has 0 heterocycles. The number of rotatable bonds is 8. The van der Waals surface area contributed by atoms with Crippen LogP contribution >= 0.6 is 0 Å². The highest BCUT2D eigenvalue weighted by Crippen LogP contribution is 2.29. The number of carboxylic acids is 1. The van der Waals surface area contributed by atoms with E-state index in [2.05, 4.69) is 5.32 Å². The molecule has 132 valence electrons. The molecule has 0 radical (unpaired) electrons. The number of carboxylic acid groups (broad SMARTS) is 1. The van der Waals surface area contributed by atoms with Crippen LogP contribution in [0.5, 0.6) is 0 Å². The number of halogens is 3. The summed E-state index contributed by atoms with van der Waals surface area (Å²) in [6.45, 7) is 1.65. The smallest absolute Gasteiger partial charge is 0.416 e. The minimum atomic E-state index is -4.46. The molecule has 0 spiro atoms. The van der Waals surface area contributed by atoms with Crippen molar-refractivity contribution in [2.45, 2.75) is 44.8 Å². The number of carbonyl (C=O) groups excluding carboxylic acids is 2. The number of carbonyl (C=O) groups is 3. The van der Waals surface area contributed by atoms with Gasteiger partial charge >= 0.3 is 12.1 Å². The average molecular weight is 345 g/mol. The van der Waals surface area contributed by atoms with E-state index >= 15 is 0 Å². The first-order valence-electron chi connectivity index (χ1n) is 7.33. The number of nitrogens with one attached hydrogen (secondary N) is 1. The third kappa shape index (κ3) is 6.39. The van der Waals surface area contributed by atoms with Crippen molar-refractivity contribution < 1.29 is 32.7 Å². The quantitative estimate of drug-likeness (QED) is 0.758. The van der Waals surface area contributed by atoms with E-state index in [1.54, 1.807) is 6.92 Å². The van der Waals surface area contributed by atoms with Crippen LogP contribution in [0.3, 0.4) is 0 Å². The molecule has 24 heavy (non-hydrogen) atoms. The summed E-state index contributed by atoms with van der Waals surface area (Å²) in [6, 6.07) is 2.84. The van der Waals surface area contributed by atoms with Crippen molar-refractivity contribution >= 4 is 17.7 Å². The number of amides is 1. The number of benzene rings is 1. The molecule has 1 rings (SSSR count). The summed E-state index contributed by atoms with van der Waals surface area (Å²) in [4.78, 5) is 34.2. The van der Waals surface area contributed by atoms with Gasteiger partial charge in [-0.15, -0.1) is 0 Å². The Kier molecular flexibility index (Phi) is 6.94. The zero-order chi connectivity index (χ0) is 18.3. The van der Waals surface area contributed by atoms with Crippen LogP contribution in [0, 0.1) is 0 Å². The number of aliphatic carboxylic acids is 1. The summed E-state index contributed by atoms with van der Waals surface area (Å²) in [7, 11) is 0. The predicted octanol–water partition coefficient (Wildman–Crippen LogP) is 2.58. The van der Waals surface area contributed by atoms with Crippen LogP contribution in [0.15, 0.2) is 24.3 Å². The minimum absolute atomic E-state index is 0.0270. The fourth-order valence-electron chi connectivity index (χ4n) is 1.98. The molecule has 0 fully saturated rings. The van der Waals surface area contributed by atoms with E-state index in [1.807, 2.05) is 0 Å². The van der Waals surface area contributed by atoms with Crippen LogP contribution in [0.4, 0.5) is 13.2 Å². The van der Waals surface area contributed by atoms with Crippen LogP contribution in [0.25, 0.3) is 0 Å². The molecular weight excluding hydrogens is 327 g/mol. The van der Waals surface area contributed by atoms with Crippen LogP contribution in [0.2, 0.25) is 0 Å². The van der Waals surface area contributed by atoms with E-state index < -0.39 is 29.7 Å². The summed E-state index contributed by atoms with van der Waals surface area (Å²) >= 11 is 0. The number of Topliss-reactive ketones (excluding diaryl/α,β-unsaturated/α-hetero) is 1. The monoisotopic (exact) mass is 345 g/mol. The molecule has 1 aromatic rings. The van der Waals surface area contributed by atoms with Crippen molar-refractivity contribution in [3.05, 3.63) is 35.4 Å². The van der Waals surface area contributed by atoms with Gasteiger partial charge in [-0.2, -0.15) is 13.2 Å². The van der Waals surface area contributed by atoms with E-state index in [0.717, 1.165) is 12.1 Å². The molecule has 0 saturated heterocycles. The maximum Gasteiger partial charge on any atom is 0.416 e. The summed E-state index contributed by atoms with van der Waals surface area (Å²) < 4.78 is 37.4. The molecule has 1 amide bonds. The predicted molar refractivity (Wildman–Crippen MR) is 79.2 cm³/mol. The molecule has 0 unspecified atom stereocenters.